The molecule has 1 saturated carbocycles. The van der Waals surface area contributed by atoms with E-state index in [0.717, 1.165) is 0 Å². The summed E-state index contributed by atoms with van der Waals surface area (Å²) in [6.07, 6.45) is 1.80. The maximum Gasteiger partial charge on any atom is 0.242 e. The van der Waals surface area contributed by atoms with E-state index in [9.17, 15) is 14.4 Å². The first-order chi connectivity index (χ1) is 10.6. The van der Waals surface area contributed by atoms with Gasteiger partial charge in [0.05, 0.1) is 6.26 Å². The Hall–Kier alpha value is -2.69. The minimum absolute atomic E-state index is 0.145. The first-order valence-electron chi connectivity index (χ1n) is 7.10. The van der Waals surface area contributed by atoms with Crippen molar-refractivity contribution in [3.8, 4) is 0 Å². The van der Waals surface area contributed by atoms with Gasteiger partial charge < -0.3 is 9.73 Å². The summed E-state index contributed by atoms with van der Waals surface area (Å²) in [5, 5.41) is 2.62. The van der Waals surface area contributed by atoms with Gasteiger partial charge in [-0.2, -0.15) is 0 Å². The van der Waals surface area contributed by atoms with E-state index in [2.05, 4.69) is 5.32 Å². The summed E-state index contributed by atoms with van der Waals surface area (Å²) in [5.41, 5.74) is 0.571. The molecule has 1 heterocycles. The Morgan fingerprint density at radius 1 is 1.00 bits per heavy atom. The number of hydrogen-bond donors (Lipinski definition) is 1. The van der Waals surface area contributed by atoms with E-state index in [1.54, 1.807) is 36.4 Å². The lowest BCUT2D eigenvalue weighted by Gasteiger charge is -2.24. The number of amides is 1. The molecule has 0 spiro atoms. The number of nitrogens with one attached hydrogen (secondary N) is 1. The lowest BCUT2D eigenvalue weighted by Crippen LogP contribution is -2.40. The molecule has 0 atom stereocenters. The molecule has 3 rings (SSSR count). The highest BCUT2D eigenvalue weighted by molar-refractivity contribution is 6.23. The van der Waals surface area contributed by atoms with Gasteiger partial charge in [0.1, 0.15) is 5.76 Å². The molecule has 112 valence electrons. The maximum absolute atomic E-state index is 12.2. The van der Waals surface area contributed by atoms with Crippen LogP contribution in [0.2, 0.25) is 0 Å². The average Bonchev–Trinajstić information content (AvgIpc) is 3.01. The molecule has 5 nitrogen and oxygen atoms in total. The number of benzene rings is 1. The van der Waals surface area contributed by atoms with Gasteiger partial charge in [0.15, 0.2) is 17.5 Å². The van der Waals surface area contributed by atoms with Crippen molar-refractivity contribution in [3.05, 3.63) is 54.5 Å². The van der Waals surface area contributed by atoms with Crippen LogP contribution >= 0.6 is 0 Å². The van der Waals surface area contributed by atoms with E-state index in [1.165, 1.54) is 6.26 Å². The van der Waals surface area contributed by atoms with Crippen molar-refractivity contribution in [2.24, 2.45) is 5.92 Å². The Kier molecular flexibility index (Phi) is 3.87. The summed E-state index contributed by atoms with van der Waals surface area (Å²) in [7, 11) is 0. The van der Waals surface area contributed by atoms with E-state index in [-0.39, 0.29) is 30.3 Å². The number of hydrogen-bond acceptors (Lipinski definition) is 4. The minimum atomic E-state index is -1.22. The van der Waals surface area contributed by atoms with Gasteiger partial charge in [-0.15, -0.1) is 0 Å². The van der Waals surface area contributed by atoms with Crippen LogP contribution in [-0.2, 0) is 14.4 Å². The molecular weight excluding hydrogens is 282 g/mol. The van der Waals surface area contributed by atoms with E-state index >= 15 is 0 Å². The summed E-state index contributed by atoms with van der Waals surface area (Å²) >= 11 is 0. The van der Waals surface area contributed by atoms with Crippen molar-refractivity contribution >= 4 is 23.2 Å². The van der Waals surface area contributed by atoms with E-state index in [0.29, 0.717) is 11.4 Å². The molecule has 1 aromatic heterocycles. The van der Waals surface area contributed by atoms with Crippen LogP contribution in [0.5, 0.6) is 0 Å². The zero-order valence-corrected chi connectivity index (χ0v) is 11.8. The predicted molar refractivity (Wildman–Crippen MR) is 79.3 cm³/mol. The number of rotatable bonds is 3. The van der Waals surface area contributed by atoms with Crippen LogP contribution in [0, 0.1) is 5.92 Å². The zero-order chi connectivity index (χ0) is 15.5. The smallest absolute Gasteiger partial charge is 0.242 e. The highest BCUT2D eigenvalue weighted by Gasteiger charge is 2.41. The molecule has 0 radical (unpaired) electrons. The van der Waals surface area contributed by atoms with E-state index < -0.39 is 11.8 Å². The number of carbonyl (C=O) groups is 3. The second-order valence-electron chi connectivity index (χ2n) is 5.34. The van der Waals surface area contributed by atoms with Crippen molar-refractivity contribution in [1.29, 1.82) is 0 Å². The Morgan fingerprint density at radius 2 is 1.68 bits per heavy atom. The molecular formula is C17H15NO4. The maximum atomic E-state index is 12.2. The summed E-state index contributed by atoms with van der Waals surface area (Å²) < 4.78 is 5.26. The standard InChI is InChI=1S/C17H15NO4/c19-13-9-11(15-7-4-8-22-15)10-14(20)16(13)17(21)18-12-5-2-1-3-6-12/h1-8,11,16H,9-10H2,(H,18,21). The molecule has 0 bridgehead atoms. The van der Waals surface area contributed by atoms with Crippen LogP contribution in [0.15, 0.2) is 53.1 Å². The summed E-state index contributed by atoms with van der Waals surface area (Å²) in [6, 6.07) is 12.2. The number of ketones is 2. The van der Waals surface area contributed by atoms with E-state index in [1.807, 2.05) is 6.07 Å². The number of para-hydroxylation sites is 1. The molecule has 22 heavy (non-hydrogen) atoms. The fraction of sp³-hybridized carbons (Fsp3) is 0.235. The molecule has 0 saturated heterocycles. The molecule has 0 aliphatic heterocycles. The number of Topliss-reactive ketones (excluding diaryl/α,β-unsaturated/α-hetero) is 2. The number of anilines is 1. The Morgan fingerprint density at radius 3 is 2.27 bits per heavy atom. The van der Waals surface area contributed by atoms with Gasteiger partial charge in [-0.25, -0.2) is 0 Å². The van der Waals surface area contributed by atoms with Gasteiger partial charge in [0, 0.05) is 24.4 Å². The first kappa shape index (κ1) is 14.3. The van der Waals surface area contributed by atoms with Gasteiger partial charge >= 0.3 is 0 Å². The monoisotopic (exact) mass is 297 g/mol. The highest BCUT2D eigenvalue weighted by Crippen LogP contribution is 2.32. The Balaban J connectivity index is 1.71. The number of carbonyl (C=O) groups excluding carboxylic acids is 3. The molecule has 1 fully saturated rings. The third-order valence-electron chi connectivity index (χ3n) is 3.79. The van der Waals surface area contributed by atoms with Crippen LogP contribution in [-0.4, -0.2) is 17.5 Å². The van der Waals surface area contributed by atoms with Gasteiger partial charge in [0.2, 0.25) is 5.91 Å². The largest absolute Gasteiger partial charge is 0.469 e. The Labute approximate surface area is 127 Å². The van der Waals surface area contributed by atoms with Crippen molar-refractivity contribution in [3.63, 3.8) is 0 Å². The fourth-order valence-electron chi connectivity index (χ4n) is 2.73. The minimum Gasteiger partial charge on any atom is -0.469 e. The van der Waals surface area contributed by atoms with Crippen LogP contribution in [0.1, 0.15) is 24.5 Å². The lowest BCUT2D eigenvalue weighted by atomic mass is 9.78. The lowest BCUT2D eigenvalue weighted by molar-refractivity contribution is -0.141. The normalized spacial score (nSPS) is 21.6. The summed E-state index contributed by atoms with van der Waals surface area (Å²) in [4.78, 5) is 36.6. The zero-order valence-electron chi connectivity index (χ0n) is 11.8. The quantitative estimate of drug-likeness (QED) is 0.883. The van der Waals surface area contributed by atoms with Crippen molar-refractivity contribution in [2.75, 3.05) is 5.32 Å². The molecule has 1 amide bonds. The Bertz CT molecular complexity index is 673. The van der Waals surface area contributed by atoms with Gasteiger partial charge in [-0.3, -0.25) is 14.4 Å². The van der Waals surface area contributed by atoms with Gasteiger partial charge in [-0.05, 0) is 24.3 Å². The molecule has 2 aromatic rings. The SMILES string of the molecule is O=C1CC(c2ccco2)CC(=O)C1C(=O)Nc1ccccc1. The summed E-state index contributed by atoms with van der Waals surface area (Å²) in [6.45, 7) is 0. The molecule has 0 unspecified atom stereocenters. The third-order valence-corrected chi connectivity index (χ3v) is 3.79. The number of furan rings is 1. The third kappa shape index (κ3) is 2.83. The second kappa shape index (κ2) is 5.97. The van der Waals surface area contributed by atoms with Crippen molar-refractivity contribution < 1.29 is 18.8 Å². The molecule has 5 heteroatoms. The van der Waals surface area contributed by atoms with Crippen molar-refractivity contribution in [2.45, 2.75) is 18.8 Å². The summed E-state index contributed by atoms with van der Waals surface area (Å²) in [5.74, 6) is -2.14. The average molecular weight is 297 g/mol. The molecule has 1 aromatic carbocycles. The van der Waals surface area contributed by atoms with Crippen LogP contribution in [0.4, 0.5) is 5.69 Å². The van der Waals surface area contributed by atoms with Gasteiger partial charge in [-0.1, -0.05) is 18.2 Å². The van der Waals surface area contributed by atoms with E-state index in [4.69, 9.17) is 4.42 Å². The van der Waals surface area contributed by atoms with Crippen molar-refractivity contribution in [1.82, 2.24) is 0 Å². The first-order valence-corrected chi connectivity index (χ1v) is 7.10. The predicted octanol–water partition coefficient (Wildman–Crippen LogP) is 2.55. The van der Waals surface area contributed by atoms with Crippen LogP contribution < -0.4 is 5.32 Å². The van der Waals surface area contributed by atoms with Gasteiger partial charge in [0.25, 0.3) is 0 Å². The fourth-order valence-corrected chi connectivity index (χ4v) is 2.73. The molecule has 1 N–H and O–H groups in total. The van der Waals surface area contributed by atoms with Crippen LogP contribution in [0.25, 0.3) is 0 Å². The molecule has 1 aliphatic carbocycles. The topological polar surface area (TPSA) is 76.4 Å². The highest BCUT2D eigenvalue weighted by atomic mass is 16.3. The molecule has 1 aliphatic rings. The van der Waals surface area contributed by atoms with Crippen LogP contribution in [0.3, 0.4) is 0 Å². The second-order valence-corrected chi connectivity index (χ2v) is 5.34.